The third-order valence-corrected chi connectivity index (χ3v) is 10.5. The van der Waals surface area contributed by atoms with Gasteiger partial charge in [0.05, 0.1) is 0 Å². The third-order valence-electron chi connectivity index (χ3n) is 9.06. The van der Waals surface area contributed by atoms with Crippen LogP contribution in [0.15, 0.2) is 0 Å². The third kappa shape index (κ3) is 1.71. The fourth-order valence-electron chi connectivity index (χ4n) is 7.44. The highest BCUT2D eigenvalue weighted by Crippen LogP contribution is 2.69. The number of carbonyl (C=O) groups is 1. The second-order valence-corrected chi connectivity index (χ2v) is 11.2. The first-order chi connectivity index (χ1) is 10.5. The summed E-state index contributed by atoms with van der Waals surface area (Å²) in [7, 11) is 0. The molecule has 0 aromatic heterocycles. The Labute approximate surface area is 139 Å². The van der Waals surface area contributed by atoms with Gasteiger partial charge in [0.1, 0.15) is 5.78 Å². The predicted octanol–water partition coefficient (Wildman–Crippen LogP) is 5.08. The Morgan fingerprint density at radius 2 is 1.82 bits per heavy atom. The SMILES string of the molecule is C[C@]12CC[C@@]3(CS3)C[C@H]1CC[C@@H]1[C@H]3CCC(=O)[C@@]3(C)CC[C@@H]12. The highest BCUT2D eigenvalue weighted by molar-refractivity contribution is 8.07. The van der Waals surface area contributed by atoms with Gasteiger partial charge in [-0.25, -0.2) is 0 Å². The van der Waals surface area contributed by atoms with Crippen molar-refractivity contribution in [1.29, 1.82) is 0 Å². The quantitative estimate of drug-likeness (QED) is 0.579. The minimum atomic E-state index is 0.0621. The monoisotopic (exact) mass is 318 g/mol. The Morgan fingerprint density at radius 3 is 2.59 bits per heavy atom. The van der Waals surface area contributed by atoms with Crippen LogP contribution in [0, 0.1) is 34.5 Å². The summed E-state index contributed by atoms with van der Waals surface area (Å²) in [5, 5.41) is 0. The van der Waals surface area contributed by atoms with Gasteiger partial charge in [0.25, 0.3) is 0 Å². The number of thioether (sulfide) groups is 1. The first kappa shape index (κ1) is 14.4. The maximum atomic E-state index is 12.5. The Morgan fingerprint density at radius 1 is 1.00 bits per heavy atom. The van der Waals surface area contributed by atoms with E-state index in [2.05, 4.69) is 25.6 Å². The van der Waals surface area contributed by atoms with Crippen molar-refractivity contribution in [1.82, 2.24) is 0 Å². The molecule has 1 spiro atoms. The minimum absolute atomic E-state index is 0.0621. The Kier molecular flexibility index (Phi) is 2.84. The summed E-state index contributed by atoms with van der Waals surface area (Å²) in [6.07, 6.45) is 12.0. The van der Waals surface area contributed by atoms with E-state index in [0.29, 0.717) is 11.2 Å². The summed E-state index contributed by atoms with van der Waals surface area (Å²) in [6.45, 7) is 4.96. The zero-order valence-corrected chi connectivity index (χ0v) is 15.0. The van der Waals surface area contributed by atoms with Crippen LogP contribution in [0.5, 0.6) is 0 Å². The van der Waals surface area contributed by atoms with Crippen molar-refractivity contribution >= 4 is 17.5 Å². The van der Waals surface area contributed by atoms with Crippen LogP contribution in [0.1, 0.15) is 71.6 Å². The van der Waals surface area contributed by atoms with Crippen LogP contribution in [-0.4, -0.2) is 16.3 Å². The fourth-order valence-corrected chi connectivity index (χ4v) is 8.47. The lowest BCUT2D eigenvalue weighted by Gasteiger charge is -2.60. The van der Waals surface area contributed by atoms with Gasteiger partial charge in [-0.05, 0) is 80.5 Å². The lowest BCUT2D eigenvalue weighted by molar-refractivity contribution is -0.139. The maximum Gasteiger partial charge on any atom is 0.139 e. The fraction of sp³-hybridized carbons (Fsp3) is 0.950. The molecule has 7 atom stereocenters. The van der Waals surface area contributed by atoms with E-state index in [-0.39, 0.29) is 5.41 Å². The van der Waals surface area contributed by atoms with E-state index in [9.17, 15) is 4.79 Å². The topological polar surface area (TPSA) is 17.1 Å². The van der Waals surface area contributed by atoms with Crippen LogP contribution in [0.2, 0.25) is 0 Å². The Bertz CT molecular complexity index is 524. The first-order valence-electron chi connectivity index (χ1n) is 9.64. The molecule has 0 aromatic carbocycles. The zero-order chi connectivity index (χ0) is 15.2. The molecule has 2 heteroatoms. The molecule has 0 N–H and O–H groups in total. The molecule has 5 aliphatic rings. The molecular formula is C20H30OS. The molecular weight excluding hydrogens is 288 g/mol. The van der Waals surface area contributed by atoms with Gasteiger partial charge in [-0.15, -0.1) is 0 Å². The van der Waals surface area contributed by atoms with Gasteiger partial charge in [-0.2, -0.15) is 11.8 Å². The zero-order valence-electron chi connectivity index (χ0n) is 14.2. The molecule has 1 heterocycles. The summed E-state index contributed by atoms with van der Waals surface area (Å²) >= 11 is 2.25. The lowest BCUT2D eigenvalue weighted by Crippen LogP contribution is -2.54. The second kappa shape index (κ2) is 4.35. The van der Waals surface area contributed by atoms with Crippen molar-refractivity contribution in [3.63, 3.8) is 0 Å². The van der Waals surface area contributed by atoms with Crippen molar-refractivity contribution in [3.8, 4) is 0 Å². The van der Waals surface area contributed by atoms with Crippen molar-refractivity contribution in [2.75, 3.05) is 5.75 Å². The predicted molar refractivity (Wildman–Crippen MR) is 91.9 cm³/mol. The first-order valence-corrected chi connectivity index (χ1v) is 10.6. The molecule has 0 radical (unpaired) electrons. The van der Waals surface area contributed by atoms with E-state index < -0.39 is 0 Å². The van der Waals surface area contributed by atoms with Crippen molar-refractivity contribution < 1.29 is 4.79 Å². The van der Waals surface area contributed by atoms with Gasteiger partial charge in [-0.3, -0.25) is 4.79 Å². The summed E-state index contributed by atoms with van der Waals surface area (Å²) in [4.78, 5) is 12.5. The number of carbonyl (C=O) groups excluding carboxylic acids is 1. The van der Waals surface area contributed by atoms with Crippen LogP contribution >= 0.6 is 11.8 Å². The molecule has 0 bridgehead atoms. The molecule has 0 amide bonds. The molecule has 5 fully saturated rings. The molecule has 1 nitrogen and oxygen atoms in total. The molecule has 22 heavy (non-hydrogen) atoms. The van der Waals surface area contributed by atoms with E-state index in [1.165, 1.54) is 57.1 Å². The second-order valence-electron chi connectivity index (χ2n) is 9.75. The standard InChI is InChI=1S/C20H30OS/c1-18-9-10-20(12-22-20)11-13(18)3-4-14-15-5-6-17(21)19(15,2)8-7-16(14)18/h13-16H,3-12H2,1-2H3/t13-,14-,15-,16+,18+,19+,20+/m1/s1. The van der Waals surface area contributed by atoms with Gasteiger partial charge in [-0.1, -0.05) is 13.8 Å². The van der Waals surface area contributed by atoms with Gasteiger partial charge in [0, 0.05) is 22.3 Å². The van der Waals surface area contributed by atoms with Crippen LogP contribution in [0.4, 0.5) is 0 Å². The molecule has 0 unspecified atom stereocenters. The Balaban J connectivity index is 1.45. The number of hydrogen-bond donors (Lipinski definition) is 0. The number of fused-ring (bicyclic) bond motifs is 5. The van der Waals surface area contributed by atoms with Crippen LogP contribution < -0.4 is 0 Å². The molecule has 4 aliphatic carbocycles. The van der Waals surface area contributed by atoms with Crippen molar-refractivity contribution in [3.05, 3.63) is 0 Å². The van der Waals surface area contributed by atoms with Crippen molar-refractivity contribution in [2.45, 2.75) is 76.4 Å². The average Bonchev–Trinajstić information content (AvgIpc) is 3.19. The molecule has 1 saturated heterocycles. The molecule has 0 aromatic rings. The highest BCUT2D eigenvalue weighted by Gasteiger charge is 2.62. The average molecular weight is 319 g/mol. The van der Waals surface area contributed by atoms with E-state index >= 15 is 0 Å². The molecule has 122 valence electrons. The van der Waals surface area contributed by atoms with Gasteiger partial charge >= 0.3 is 0 Å². The summed E-state index contributed by atoms with van der Waals surface area (Å²) in [5.41, 5.74) is 0.664. The summed E-state index contributed by atoms with van der Waals surface area (Å²) < 4.78 is 0.726. The highest BCUT2D eigenvalue weighted by atomic mass is 32.2. The van der Waals surface area contributed by atoms with Gasteiger partial charge in [0.2, 0.25) is 0 Å². The van der Waals surface area contributed by atoms with Gasteiger partial charge < -0.3 is 0 Å². The van der Waals surface area contributed by atoms with Crippen LogP contribution in [0.3, 0.4) is 0 Å². The molecule has 5 rings (SSSR count). The number of rotatable bonds is 0. The van der Waals surface area contributed by atoms with Crippen LogP contribution in [-0.2, 0) is 4.79 Å². The largest absolute Gasteiger partial charge is 0.299 e. The normalized spacial score (nSPS) is 59.8. The number of ketones is 1. The van der Waals surface area contributed by atoms with Crippen molar-refractivity contribution in [2.24, 2.45) is 34.5 Å². The molecule has 4 saturated carbocycles. The van der Waals surface area contributed by atoms with E-state index in [1.54, 1.807) is 0 Å². The van der Waals surface area contributed by atoms with Gasteiger partial charge in [0.15, 0.2) is 0 Å². The lowest BCUT2D eigenvalue weighted by atomic mass is 9.45. The minimum Gasteiger partial charge on any atom is -0.299 e. The molecule has 1 aliphatic heterocycles. The number of Topliss-reactive ketones (excluding diaryl/α,β-unsaturated/α-hetero) is 1. The summed E-state index contributed by atoms with van der Waals surface area (Å²) in [6, 6.07) is 0. The smallest absolute Gasteiger partial charge is 0.139 e. The Hall–Kier alpha value is 0.0200. The van der Waals surface area contributed by atoms with Crippen LogP contribution in [0.25, 0.3) is 0 Å². The van der Waals surface area contributed by atoms with E-state index in [0.717, 1.165) is 34.8 Å². The maximum absolute atomic E-state index is 12.5. The summed E-state index contributed by atoms with van der Waals surface area (Å²) in [5.74, 6) is 5.55. The van der Waals surface area contributed by atoms with E-state index in [1.807, 2.05) is 0 Å². The van der Waals surface area contributed by atoms with E-state index in [4.69, 9.17) is 0 Å². The number of hydrogen-bond acceptors (Lipinski definition) is 2.